The molecule has 0 bridgehead atoms. The summed E-state index contributed by atoms with van der Waals surface area (Å²) in [5.74, 6) is 2.93. The third kappa shape index (κ3) is 2.14. The molecule has 0 aromatic heterocycles. The molecule has 2 aromatic rings. The lowest BCUT2D eigenvalue weighted by atomic mass is 9.99. The van der Waals surface area contributed by atoms with Gasteiger partial charge in [-0.15, -0.1) is 6.42 Å². The van der Waals surface area contributed by atoms with Crippen molar-refractivity contribution in [3.8, 4) is 29.2 Å². The topological polar surface area (TPSA) is 9.23 Å². The lowest BCUT2D eigenvalue weighted by Crippen LogP contribution is -1.90. The van der Waals surface area contributed by atoms with Gasteiger partial charge in [-0.1, -0.05) is 24.1 Å². The summed E-state index contributed by atoms with van der Waals surface area (Å²) >= 11 is 0. The number of hydrogen-bond donors (Lipinski definition) is 0. The zero-order valence-electron chi connectivity index (χ0n) is 9.41. The zero-order valence-corrected chi connectivity index (χ0v) is 9.41. The molecule has 2 aromatic carbocycles. The van der Waals surface area contributed by atoms with Gasteiger partial charge in [0.1, 0.15) is 11.6 Å². The zero-order chi connectivity index (χ0) is 12.3. The molecule has 0 heterocycles. The van der Waals surface area contributed by atoms with E-state index in [9.17, 15) is 4.39 Å². The van der Waals surface area contributed by atoms with E-state index >= 15 is 0 Å². The molecule has 2 rings (SSSR count). The Bertz CT molecular complexity index is 582. The van der Waals surface area contributed by atoms with E-state index < -0.39 is 0 Å². The molecule has 0 aliphatic carbocycles. The van der Waals surface area contributed by atoms with E-state index in [0.29, 0.717) is 22.4 Å². The molecule has 0 amide bonds. The van der Waals surface area contributed by atoms with Crippen LogP contribution in [-0.2, 0) is 0 Å². The maximum absolute atomic E-state index is 13.7. The van der Waals surface area contributed by atoms with Crippen molar-refractivity contribution in [1.82, 2.24) is 0 Å². The van der Waals surface area contributed by atoms with Crippen molar-refractivity contribution in [2.45, 2.75) is 0 Å². The van der Waals surface area contributed by atoms with Gasteiger partial charge in [0.2, 0.25) is 0 Å². The summed E-state index contributed by atoms with van der Waals surface area (Å²) in [6, 6.07) is 11.8. The number of methoxy groups -OCH3 is 1. The largest absolute Gasteiger partial charge is 0.497 e. The summed E-state index contributed by atoms with van der Waals surface area (Å²) in [5, 5.41) is 0. The highest BCUT2D eigenvalue weighted by Crippen LogP contribution is 2.28. The number of benzene rings is 2. The van der Waals surface area contributed by atoms with Crippen molar-refractivity contribution in [2.24, 2.45) is 0 Å². The van der Waals surface area contributed by atoms with Crippen LogP contribution >= 0.6 is 0 Å². The molecule has 0 aliphatic rings. The van der Waals surface area contributed by atoms with E-state index in [1.165, 1.54) is 6.07 Å². The maximum Gasteiger partial charge on any atom is 0.131 e. The third-order valence-electron chi connectivity index (χ3n) is 2.55. The predicted octanol–water partition coefficient (Wildman–Crippen LogP) is 3.48. The van der Waals surface area contributed by atoms with Gasteiger partial charge in [0.05, 0.1) is 7.11 Å². The first kappa shape index (κ1) is 11.2. The van der Waals surface area contributed by atoms with Crippen molar-refractivity contribution in [2.75, 3.05) is 7.11 Å². The molecule has 0 spiro atoms. The first-order valence-corrected chi connectivity index (χ1v) is 5.16. The molecule has 0 aliphatic heterocycles. The van der Waals surface area contributed by atoms with Crippen molar-refractivity contribution in [3.05, 3.63) is 53.8 Å². The molecule has 0 saturated heterocycles. The van der Waals surface area contributed by atoms with Crippen LogP contribution in [-0.4, -0.2) is 7.11 Å². The maximum atomic E-state index is 13.7. The molecule has 17 heavy (non-hydrogen) atoms. The van der Waals surface area contributed by atoms with E-state index in [0.717, 1.165) is 0 Å². The first-order valence-electron chi connectivity index (χ1n) is 5.16. The van der Waals surface area contributed by atoms with E-state index in [1.807, 2.05) is 0 Å². The van der Waals surface area contributed by atoms with Gasteiger partial charge in [0.25, 0.3) is 0 Å². The van der Waals surface area contributed by atoms with Crippen LogP contribution in [0.3, 0.4) is 0 Å². The molecular weight excluding hydrogens is 215 g/mol. The molecule has 2 heteroatoms. The van der Waals surface area contributed by atoms with E-state index in [-0.39, 0.29) is 5.82 Å². The Hall–Kier alpha value is -2.27. The molecule has 0 N–H and O–H groups in total. The molecule has 0 fully saturated rings. The van der Waals surface area contributed by atoms with Crippen LogP contribution in [0.5, 0.6) is 5.75 Å². The van der Waals surface area contributed by atoms with E-state index in [2.05, 4.69) is 5.92 Å². The van der Waals surface area contributed by atoms with E-state index in [1.54, 1.807) is 43.5 Å². The molecule has 0 unspecified atom stereocenters. The lowest BCUT2D eigenvalue weighted by molar-refractivity contribution is 0.414. The van der Waals surface area contributed by atoms with Crippen LogP contribution in [0, 0.1) is 18.2 Å². The van der Waals surface area contributed by atoms with Gasteiger partial charge in [0, 0.05) is 16.7 Å². The number of halogens is 1. The van der Waals surface area contributed by atoms with Crippen LogP contribution in [0.25, 0.3) is 11.1 Å². The number of rotatable bonds is 2. The Kier molecular flexibility index (Phi) is 3.11. The highest BCUT2D eigenvalue weighted by atomic mass is 19.1. The number of ether oxygens (including phenoxy) is 1. The van der Waals surface area contributed by atoms with Crippen LogP contribution < -0.4 is 4.74 Å². The molecule has 0 saturated carbocycles. The SMILES string of the molecule is C#Cc1cc(OC)ccc1-c1ccccc1F. The summed E-state index contributed by atoms with van der Waals surface area (Å²) in [4.78, 5) is 0. The second kappa shape index (κ2) is 4.71. The summed E-state index contributed by atoms with van der Waals surface area (Å²) in [7, 11) is 1.57. The van der Waals surface area contributed by atoms with Crippen molar-refractivity contribution < 1.29 is 9.13 Å². The quantitative estimate of drug-likeness (QED) is 0.712. The molecule has 1 nitrogen and oxygen atoms in total. The van der Waals surface area contributed by atoms with Crippen molar-refractivity contribution in [3.63, 3.8) is 0 Å². The minimum atomic E-state index is -0.283. The Morgan fingerprint density at radius 2 is 1.88 bits per heavy atom. The molecular formula is C15H11FO. The molecule has 0 radical (unpaired) electrons. The Labute approximate surface area is 99.9 Å². The minimum absolute atomic E-state index is 0.283. The first-order chi connectivity index (χ1) is 8.26. The summed E-state index contributed by atoms with van der Waals surface area (Å²) in [6.45, 7) is 0. The molecule has 84 valence electrons. The Morgan fingerprint density at radius 3 is 2.53 bits per heavy atom. The standard InChI is InChI=1S/C15H11FO/c1-3-11-10-12(17-2)8-9-13(11)14-6-4-5-7-15(14)16/h1,4-10H,2H3. The van der Waals surface area contributed by atoms with Gasteiger partial charge in [-0.2, -0.15) is 0 Å². The highest BCUT2D eigenvalue weighted by Gasteiger charge is 2.08. The summed E-state index contributed by atoms with van der Waals surface area (Å²) in [5.41, 5.74) is 1.82. The van der Waals surface area contributed by atoms with Crippen LogP contribution in [0.1, 0.15) is 5.56 Å². The fourth-order valence-corrected chi connectivity index (χ4v) is 1.68. The van der Waals surface area contributed by atoms with Crippen molar-refractivity contribution in [1.29, 1.82) is 0 Å². The second-order valence-electron chi connectivity index (χ2n) is 3.54. The summed E-state index contributed by atoms with van der Waals surface area (Å²) < 4.78 is 18.8. The second-order valence-corrected chi connectivity index (χ2v) is 3.54. The molecule has 0 atom stereocenters. The number of terminal acetylenes is 1. The van der Waals surface area contributed by atoms with Crippen LogP contribution in [0.2, 0.25) is 0 Å². The predicted molar refractivity (Wildman–Crippen MR) is 66.3 cm³/mol. The Balaban J connectivity index is 2.61. The Morgan fingerprint density at radius 1 is 1.12 bits per heavy atom. The summed E-state index contributed by atoms with van der Waals surface area (Å²) in [6.07, 6.45) is 5.43. The fraction of sp³-hybridized carbons (Fsp3) is 0.0667. The minimum Gasteiger partial charge on any atom is -0.497 e. The third-order valence-corrected chi connectivity index (χ3v) is 2.55. The van der Waals surface area contributed by atoms with Crippen molar-refractivity contribution >= 4 is 0 Å². The smallest absolute Gasteiger partial charge is 0.131 e. The van der Waals surface area contributed by atoms with E-state index in [4.69, 9.17) is 11.2 Å². The van der Waals surface area contributed by atoms with Gasteiger partial charge in [-0.3, -0.25) is 0 Å². The van der Waals surface area contributed by atoms with Gasteiger partial charge in [-0.05, 0) is 24.3 Å². The van der Waals surface area contributed by atoms with Gasteiger partial charge in [0.15, 0.2) is 0 Å². The van der Waals surface area contributed by atoms with Gasteiger partial charge >= 0.3 is 0 Å². The van der Waals surface area contributed by atoms with Gasteiger partial charge in [-0.25, -0.2) is 4.39 Å². The monoisotopic (exact) mass is 226 g/mol. The highest BCUT2D eigenvalue weighted by molar-refractivity contribution is 5.72. The van der Waals surface area contributed by atoms with Crippen LogP contribution in [0.4, 0.5) is 4.39 Å². The van der Waals surface area contributed by atoms with Gasteiger partial charge < -0.3 is 4.74 Å². The number of hydrogen-bond acceptors (Lipinski definition) is 1. The lowest BCUT2D eigenvalue weighted by Gasteiger charge is -2.08. The average molecular weight is 226 g/mol. The normalized spacial score (nSPS) is 9.71. The average Bonchev–Trinajstić information content (AvgIpc) is 2.38. The fourth-order valence-electron chi connectivity index (χ4n) is 1.68. The van der Waals surface area contributed by atoms with Crippen LogP contribution in [0.15, 0.2) is 42.5 Å².